The number of methoxy groups -OCH3 is 1. The number of benzene rings is 2. The Labute approximate surface area is 263 Å². The maximum atomic E-state index is 13.2. The molecule has 1 atom stereocenters. The number of nitrogens with zero attached hydrogens (tertiary/aromatic N) is 3. The molecule has 2 aromatic rings. The van der Waals surface area contributed by atoms with Gasteiger partial charge in [0, 0.05) is 38.2 Å². The zero-order chi connectivity index (χ0) is 29.9. The molecule has 4 rings (SSSR count). The fourth-order valence-electron chi connectivity index (χ4n) is 5.06. The molecule has 0 radical (unpaired) electrons. The number of alkyl halides is 1. The highest BCUT2D eigenvalue weighted by Gasteiger charge is 2.35. The molecular formula is C33H44IN3O5. The molecule has 8 nitrogen and oxygen atoms in total. The number of aryl methyl sites for hydroxylation is 1. The van der Waals surface area contributed by atoms with Gasteiger partial charge in [-0.05, 0) is 48.2 Å². The molecule has 1 N–H and O–H groups in total. The predicted octanol–water partition coefficient (Wildman–Crippen LogP) is 5.02. The highest BCUT2D eigenvalue weighted by Crippen LogP contribution is 2.35. The molecule has 2 aliphatic rings. The van der Waals surface area contributed by atoms with E-state index in [1.807, 2.05) is 23.1 Å². The number of hydrogen-bond donors (Lipinski definition) is 1. The van der Waals surface area contributed by atoms with Crippen molar-refractivity contribution in [1.29, 1.82) is 0 Å². The van der Waals surface area contributed by atoms with Gasteiger partial charge in [0.05, 0.1) is 24.2 Å². The quantitative estimate of drug-likeness (QED) is 0.197. The average molecular weight is 690 g/mol. The molecular weight excluding hydrogens is 645 g/mol. The first kappa shape index (κ1) is 32.3. The van der Waals surface area contributed by atoms with Crippen LogP contribution >= 0.6 is 22.6 Å². The van der Waals surface area contributed by atoms with Crippen molar-refractivity contribution in [3.8, 4) is 11.5 Å². The first-order chi connectivity index (χ1) is 20.4. The zero-order valence-corrected chi connectivity index (χ0v) is 27.2. The van der Waals surface area contributed by atoms with Crippen molar-refractivity contribution >= 4 is 34.2 Å². The summed E-state index contributed by atoms with van der Waals surface area (Å²) in [6, 6.07) is 14.5. The molecule has 228 valence electrons. The molecule has 42 heavy (non-hydrogen) atoms. The van der Waals surface area contributed by atoms with E-state index in [0.717, 1.165) is 49.2 Å². The second-order valence-corrected chi connectivity index (χ2v) is 12.3. The molecule has 0 aromatic heterocycles. The first-order valence-electron chi connectivity index (χ1n) is 15.0. The summed E-state index contributed by atoms with van der Waals surface area (Å²) in [7, 11) is 1.65. The number of carbonyl (C=O) groups is 1. The molecule has 0 saturated carbocycles. The number of aliphatic hydroxyl groups is 1. The van der Waals surface area contributed by atoms with E-state index in [0.29, 0.717) is 56.6 Å². The predicted molar refractivity (Wildman–Crippen MR) is 175 cm³/mol. The van der Waals surface area contributed by atoms with Crippen LogP contribution in [-0.4, -0.2) is 90.0 Å². The third-order valence-corrected chi connectivity index (χ3v) is 8.81. The number of hydrogen-bond acceptors (Lipinski definition) is 7. The van der Waals surface area contributed by atoms with Crippen LogP contribution in [0.4, 0.5) is 0 Å². The van der Waals surface area contributed by atoms with Crippen LogP contribution in [0.25, 0.3) is 0 Å². The Hall–Kier alpha value is -2.63. The van der Waals surface area contributed by atoms with Gasteiger partial charge in [-0.15, -0.1) is 0 Å². The highest BCUT2D eigenvalue weighted by atomic mass is 127. The van der Waals surface area contributed by atoms with Gasteiger partial charge in [0.25, 0.3) is 5.91 Å². The summed E-state index contributed by atoms with van der Waals surface area (Å²) >= 11 is 2.32. The third-order valence-electron chi connectivity index (χ3n) is 7.80. The summed E-state index contributed by atoms with van der Waals surface area (Å²) in [5.74, 6) is 2.39. The van der Waals surface area contributed by atoms with Gasteiger partial charge in [-0.25, -0.2) is 0 Å². The summed E-state index contributed by atoms with van der Waals surface area (Å²) in [4.78, 5) is 21.9. The Balaban J connectivity index is 1.28. The maximum Gasteiger partial charge on any atom is 0.272 e. The second kappa shape index (κ2) is 16.3. The minimum absolute atomic E-state index is 0.0542. The molecule has 0 bridgehead atoms. The number of dihydropyridines is 1. The van der Waals surface area contributed by atoms with Crippen molar-refractivity contribution in [2.45, 2.75) is 49.6 Å². The van der Waals surface area contributed by atoms with Crippen molar-refractivity contribution in [1.82, 2.24) is 9.80 Å². The van der Waals surface area contributed by atoms with Crippen molar-refractivity contribution < 1.29 is 24.1 Å². The van der Waals surface area contributed by atoms with Crippen LogP contribution in [0, 0.1) is 0 Å². The Kier molecular flexibility index (Phi) is 12.5. The van der Waals surface area contributed by atoms with Crippen LogP contribution in [0.2, 0.25) is 0 Å². The average Bonchev–Trinajstić information content (AvgIpc) is 2.99. The normalized spacial score (nSPS) is 17.0. The monoisotopic (exact) mass is 689 g/mol. The Morgan fingerprint density at radius 3 is 2.50 bits per heavy atom. The second-order valence-electron chi connectivity index (χ2n) is 10.8. The largest absolute Gasteiger partial charge is 0.495 e. The topological polar surface area (TPSA) is 83.8 Å². The maximum absolute atomic E-state index is 13.2. The standard InChI is InChI=1S/C33H44IN3O5/c1-4-6-13-36(14-16-38)15-17-41-31-19-29(35-20-28(31)34)33(39)37-21-27(22-37)26-11-12-30(32(18-26)40-3)42-23-25-9-7-24(5-2)8-10-25/h7-12,18-19,27-28,38H,4-6,13-17,20-23H2,1-3H3. The van der Waals surface area contributed by atoms with Gasteiger partial charge in [-0.2, -0.15) is 0 Å². The van der Waals surface area contributed by atoms with Gasteiger partial charge in [0.1, 0.15) is 24.7 Å². The number of likely N-dealkylation sites (tertiary alicyclic amines) is 1. The fourth-order valence-corrected chi connectivity index (χ4v) is 5.62. The van der Waals surface area contributed by atoms with Gasteiger partial charge >= 0.3 is 0 Å². The van der Waals surface area contributed by atoms with E-state index in [1.165, 1.54) is 5.56 Å². The number of carbonyl (C=O) groups excluding carboxylic acids is 1. The lowest BCUT2D eigenvalue weighted by Crippen LogP contribution is -2.51. The number of amides is 1. The highest BCUT2D eigenvalue weighted by molar-refractivity contribution is 14.1. The third kappa shape index (κ3) is 8.70. The Morgan fingerprint density at radius 2 is 1.81 bits per heavy atom. The van der Waals surface area contributed by atoms with E-state index >= 15 is 0 Å². The SMILES string of the molecule is CCCCN(CCO)CCOC1=CC(C(=O)N2CC(c3ccc(OCc4ccc(CC)cc4)c(OC)c3)C2)=NCC1I. The van der Waals surface area contributed by atoms with Crippen LogP contribution in [0.5, 0.6) is 11.5 Å². The van der Waals surface area contributed by atoms with E-state index in [-0.39, 0.29) is 22.4 Å². The van der Waals surface area contributed by atoms with Crippen LogP contribution in [0.15, 0.2) is 59.3 Å². The van der Waals surface area contributed by atoms with Crippen LogP contribution in [-0.2, 0) is 22.6 Å². The Bertz CT molecular complexity index is 1230. The lowest BCUT2D eigenvalue weighted by atomic mass is 9.90. The van der Waals surface area contributed by atoms with Crippen molar-refractivity contribution in [3.63, 3.8) is 0 Å². The summed E-state index contributed by atoms with van der Waals surface area (Å²) in [5.41, 5.74) is 4.01. The minimum Gasteiger partial charge on any atom is -0.495 e. The molecule has 2 aromatic carbocycles. The lowest BCUT2D eigenvalue weighted by molar-refractivity contribution is -0.128. The van der Waals surface area contributed by atoms with E-state index in [9.17, 15) is 9.90 Å². The van der Waals surface area contributed by atoms with E-state index in [4.69, 9.17) is 14.2 Å². The number of unbranched alkanes of at least 4 members (excludes halogenated alkanes) is 1. The van der Waals surface area contributed by atoms with Crippen LogP contribution in [0.3, 0.4) is 0 Å². The molecule has 9 heteroatoms. The van der Waals surface area contributed by atoms with Gasteiger partial charge in [-0.1, -0.05) is 73.2 Å². The van der Waals surface area contributed by atoms with E-state index in [1.54, 1.807) is 7.11 Å². The molecule has 0 spiro atoms. The number of aliphatic imine (C=N–C) groups is 1. The number of ether oxygens (including phenoxy) is 3. The summed E-state index contributed by atoms with van der Waals surface area (Å²) < 4.78 is 17.9. The Morgan fingerprint density at radius 1 is 1.05 bits per heavy atom. The smallest absolute Gasteiger partial charge is 0.272 e. The molecule has 1 saturated heterocycles. The first-order valence-corrected chi connectivity index (χ1v) is 16.2. The summed E-state index contributed by atoms with van der Waals surface area (Å²) in [6.45, 7) is 9.59. The van der Waals surface area contributed by atoms with Gasteiger partial charge in [-0.3, -0.25) is 14.7 Å². The number of aliphatic hydroxyl groups excluding tert-OH is 1. The zero-order valence-electron chi connectivity index (χ0n) is 25.1. The lowest BCUT2D eigenvalue weighted by Gasteiger charge is -2.40. The van der Waals surface area contributed by atoms with Gasteiger partial charge in [0.2, 0.25) is 0 Å². The van der Waals surface area contributed by atoms with Crippen LogP contribution in [0.1, 0.15) is 49.3 Å². The van der Waals surface area contributed by atoms with Gasteiger partial charge < -0.3 is 24.2 Å². The van der Waals surface area contributed by atoms with Crippen molar-refractivity contribution in [2.75, 3.05) is 59.6 Å². The molecule has 1 amide bonds. The fraction of sp³-hybridized carbons (Fsp3) is 0.515. The van der Waals surface area contributed by atoms with Crippen LogP contribution < -0.4 is 9.47 Å². The van der Waals surface area contributed by atoms with E-state index < -0.39 is 0 Å². The molecule has 0 aliphatic carbocycles. The number of halogens is 1. The molecule has 1 unspecified atom stereocenters. The molecule has 1 fully saturated rings. The minimum atomic E-state index is -0.0542. The summed E-state index contributed by atoms with van der Waals surface area (Å²) in [5, 5.41) is 9.34. The number of rotatable bonds is 16. The van der Waals surface area contributed by atoms with Crippen molar-refractivity contribution in [3.05, 3.63) is 71.0 Å². The van der Waals surface area contributed by atoms with E-state index in [2.05, 4.69) is 76.7 Å². The van der Waals surface area contributed by atoms with Gasteiger partial charge in [0.15, 0.2) is 11.5 Å². The molecule has 2 heterocycles. The molecule has 2 aliphatic heterocycles. The van der Waals surface area contributed by atoms with Crippen molar-refractivity contribution in [2.24, 2.45) is 4.99 Å². The summed E-state index contributed by atoms with van der Waals surface area (Å²) in [6.07, 6.45) is 5.04.